The first kappa shape index (κ1) is 22.8. The second kappa shape index (κ2) is 6.89. The van der Waals surface area contributed by atoms with Gasteiger partial charge in [0.05, 0.1) is 12.0 Å². The Morgan fingerprint density at radius 3 is 2.70 bits per heavy atom. The Morgan fingerprint density at radius 2 is 1.97 bits per heavy atom. The predicted molar refractivity (Wildman–Crippen MR) is 131 cm³/mol. The molecule has 0 saturated carbocycles. The van der Waals surface area contributed by atoms with Gasteiger partial charge >= 0.3 is 0 Å². The van der Waals surface area contributed by atoms with E-state index in [2.05, 4.69) is 12.2 Å². The first-order valence-electron chi connectivity index (χ1n) is 13.4. The van der Waals surface area contributed by atoms with Crippen LogP contribution in [0.4, 0.5) is 0 Å². The average molecular weight is 512 g/mol. The molecule has 0 radical (unpaired) electrons. The van der Waals surface area contributed by atoms with E-state index in [-0.39, 0.29) is 30.1 Å². The number of hydrogen-bond acceptors (Lipinski definition) is 9. The smallest absolute Gasteiger partial charge is 0.274 e. The number of phenolic OH excluding ortho intramolecular Hbond substituents is 2. The maximum Gasteiger partial charge on any atom is 0.274 e. The molecule has 1 aliphatic carbocycles. The highest BCUT2D eigenvalue weighted by molar-refractivity contribution is 6.02. The van der Waals surface area contributed by atoms with Crippen LogP contribution in [0.25, 0.3) is 10.8 Å². The SMILES string of the molecule is COC(C)C12OC3[C@H](O1)c1c(C)cc4c(O)c5c(c(O)c4c1OC3(O)C21CO1)[C@@H](C)[C@@H]1NCCC[C@@H]1C5. The van der Waals surface area contributed by atoms with Crippen molar-refractivity contribution in [3.63, 3.8) is 0 Å². The highest BCUT2D eigenvalue weighted by Crippen LogP contribution is 2.71. The number of rotatable bonds is 2. The average Bonchev–Trinajstić information content (AvgIpc) is 3.56. The molecule has 8 rings (SSSR count). The minimum atomic E-state index is -1.84. The number of aryl methyl sites for hydroxylation is 1. The number of phenols is 2. The molecule has 5 unspecified atom stereocenters. The lowest BCUT2D eigenvalue weighted by atomic mass is 9.69. The molecule has 2 aromatic carbocycles. The van der Waals surface area contributed by atoms with Gasteiger partial charge in [0.2, 0.25) is 11.4 Å². The third kappa shape index (κ3) is 2.35. The number of piperidine rings is 1. The van der Waals surface area contributed by atoms with Crippen molar-refractivity contribution in [2.45, 2.75) is 87.5 Å². The number of ether oxygens (including phenoxy) is 5. The number of benzene rings is 2. The van der Waals surface area contributed by atoms with Crippen LogP contribution in [-0.4, -0.2) is 71.0 Å². The van der Waals surface area contributed by atoms with Crippen LogP contribution in [-0.2, 0) is 25.4 Å². The van der Waals surface area contributed by atoms with Crippen molar-refractivity contribution in [1.82, 2.24) is 5.32 Å². The summed E-state index contributed by atoms with van der Waals surface area (Å²) < 4.78 is 30.9. The zero-order valence-electron chi connectivity index (χ0n) is 21.5. The van der Waals surface area contributed by atoms with Gasteiger partial charge in [-0.25, -0.2) is 0 Å². The van der Waals surface area contributed by atoms with Crippen molar-refractivity contribution >= 4 is 10.8 Å². The molecule has 4 fully saturated rings. The summed E-state index contributed by atoms with van der Waals surface area (Å²) in [6, 6.07) is 2.12. The Morgan fingerprint density at radius 1 is 1.19 bits per heavy atom. The number of aromatic hydroxyl groups is 2. The van der Waals surface area contributed by atoms with Crippen molar-refractivity contribution in [3.05, 3.63) is 28.3 Å². The van der Waals surface area contributed by atoms with E-state index >= 15 is 0 Å². The molecule has 2 bridgehead atoms. The number of epoxide rings is 1. The summed E-state index contributed by atoms with van der Waals surface area (Å²) >= 11 is 0. The Kier molecular flexibility index (Phi) is 4.25. The normalized spacial score (nSPS) is 43.3. The van der Waals surface area contributed by atoms with Crippen molar-refractivity contribution in [2.24, 2.45) is 5.92 Å². The van der Waals surface area contributed by atoms with Gasteiger partial charge in [0.1, 0.15) is 29.5 Å². The third-order valence-corrected chi connectivity index (χ3v) is 10.3. The molecule has 198 valence electrons. The molecule has 5 heterocycles. The van der Waals surface area contributed by atoms with Crippen LogP contribution in [0, 0.1) is 12.8 Å². The quantitative estimate of drug-likeness (QED) is 0.356. The predicted octanol–water partition coefficient (Wildman–Crippen LogP) is 2.64. The largest absolute Gasteiger partial charge is 0.507 e. The van der Waals surface area contributed by atoms with E-state index in [1.54, 1.807) is 7.11 Å². The molecule has 4 saturated heterocycles. The second-order valence-corrected chi connectivity index (χ2v) is 11.9. The van der Waals surface area contributed by atoms with Gasteiger partial charge in [0.25, 0.3) is 5.79 Å². The lowest BCUT2D eigenvalue weighted by Gasteiger charge is -2.47. The highest BCUT2D eigenvalue weighted by atomic mass is 16.9. The van der Waals surface area contributed by atoms with Crippen molar-refractivity contribution in [3.8, 4) is 17.2 Å². The molecule has 2 aromatic rings. The van der Waals surface area contributed by atoms with Crippen molar-refractivity contribution < 1.29 is 39.0 Å². The minimum Gasteiger partial charge on any atom is -0.507 e. The van der Waals surface area contributed by atoms with E-state index in [4.69, 9.17) is 23.7 Å². The highest BCUT2D eigenvalue weighted by Gasteiger charge is 2.91. The maximum absolute atomic E-state index is 12.1. The Bertz CT molecular complexity index is 1370. The van der Waals surface area contributed by atoms with Gasteiger partial charge in [-0.1, -0.05) is 6.92 Å². The second-order valence-electron chi connectivity index (χ2n) is 11.9. The van der Waals surface area contributed by atoms with Crippen LogP contribution in [0.5, 0.6) is 17.2 Å². The van der Waals surface area contributed by atoms with Crippen LogP contribution < -0.4 is 10.1 Å². The molecule has 0 aromatic heterocycles. The number of fused-ring (bicyclic) bond motifs is 9. The van der Waals surface area contributed by atoms with Gasteiger partial charge in [-0.2, -0.15) is 0 Å². The van der Waals surface area contributed by atoms with Crippen LogP contribution in [0.1, 0.15) is 61.0 Å². The van der Waals surface area contributed by atoms with Gasteiger partial charge in [0.15, 0.2) is 6.10 Å². The molecule has 9 atom stereocenters. The van der Waals surface area contributed by atoms with Crippen molar-refractivity contribution in [1.29, 1.82) is 0 Å². The van der Waals surface area contributed by atoms with Gasteiger partial charge < -0.3 is 44.3 Å². The fraction of sp³-hybridized carbons (Fsp3) is 0.643. The third-order valence-electron chi connectivity index (χ3n) is 10.3. The van der Waals surface area contributed by atoms with Gasteiger partial charge in [-0.15, -0.1) is 0 Å². The molecule has 1 spiro atoms. The Labute approximate surface area is 214 Å². The van der Waals surface area contributed by atoms with Crippen LogP contribution in [0.15, 0.2) is 6.07 Å². The number of methoxy groups -OCH3 is 1. The zero-order chi connectivity index (χ0) is 25.6. The molecule has 4 N–H and O–H groups in total. The number of nitrogens with one attached hydrogen (secondary N) is 1. The summed E-state index contributed by atoms with van der Waals surface area (Å²) in [6.45, 7) is 7.01. The fourth-order valence-electron chi connectivity index (χ4n) is 8.33. The Balaban J connectivity index is 1.37. The summed E-state index contributed by atoms with van der Waals surface area (Å²) in [5, 5.41) is 40.0. The lowest BCUT2D eigenvalue weighted by molar-refractivity contribution is -0.301. The molecule has 9 heteroatoms. The van der Waals surface area contributed by atoms with E-state index in [0.717, 1.165) is 36.1 Å². The molecular formula is C28H33NO8. The van der Waals surface area contributed by atoms with E-state index < -0.39 is 35.5 Å². The monoisotopic (exact) mass is 511 g/mol. The van der Waals surface area contributed by atoms with Crippen molar-refractivity contribution in [2.75, 3.05) is 20.3 Å². The fourth-order valence-corrected chi connectivity index (χ4v) is 8.33. The van der Waals surface area contributed by atoms with E-state index in [9.17, 15) is 15.3 Å². The Hall–Kier alpha value is -2.14. The topological polar surface area (TPSA) is 122 Å². The van der Waals surface area contributed by atoms with Crippen LogP contribution in [0.2, 0.25) is 0 Å². The van der Waals surface area contributed by atoms with E-state index in [1.807, 2.05) is 19.9 Å². The number of aliphatic hydroxyl groups is 1. The summed E-state index contributed by atoms with van der Waals surface area (Å²) in [7, 11) is 1.57. The van der Waals surface area contributed by atoms with Gasteiger partial charge in [0, 0.05) is 41.1 Å². The minimum absolute atomic E-state index is 0.00352. The maximum atomic E-state index is 12.1. The van der Waals surface area contributed by atoms with Crippen LogP contribution in [0.3, 0.4) is 0 Å². The summed E-state index contributed by atoms with van der Waals surface area (Å²) in [6.07, 6.45) is 0.928. The first-order chi connectivity index (χ1) is 17.7. The summed E-state index contributed by atoms with van der Waals surface area (Å²) in [5.74, 6) is -2.14. The standard InChI is InChI=1S/C28H33NO8/c1-11-8-15-19(22(31)18-12(2)20-14(6-5-7-29-20)9-16(18)21(15)30)23-17(11)24-25-27(32,35-23)26(10-34-26)28(36-24,37-25)13(3)33-4/h8,12-14,20,24-25,29-32H,5-7,9-10H2,1-4H3/t12-,13?,14-,20+,24-,25?,26?,27?,28?/m1/s1. The molecule has 6 aliphatic rings. The molecule has 37 heavy (non-hydrogen) atoms. The number of hydrogen-bond donors (Lipinski definition) is 4. The summed E-state index contributed by atoms with van der Waals surface area (Å²) in [5.41, 5.74) is 1.85. The molecule has 0 amide bonds. The van der Waals surface area contributed by atoms with Gasteiger partial charge in [-0.05, 0) is 57.2 Å². The van der Waals surface area contributed by atoms with E-state index in [0.29, 0.717) is 34.4 Å². The lowest BCUT2D eigenvalue weighted by Crippen LogP contribution is -2.68. The molecule has 9 nitrogen and oxygen atoms in total. The zero-order valence-corrected chi connectivity index (χ0v) is 21.5. The van der Waals surface area contributed by atoms with Gasteiger partial charge in [-0.3, -0.25) is 0 Å². The first-order valence-corrected chi connectivity index (χ1v) is 13.4. The molecular weight excluding hydrogens is 478 g/mol. The molecule has 5 aliphatic heterocycles. The summed E-state index contributed by atoms with van der Waals surface area (Å²) in [4.78, 5) is 0. The van der Waals surface area contributed by atoms with Crippen LogP contribution >= 0.6 is 0 Å². The van der Waals surface area contributed by atoms with E-state index in [1.165, 1.54) is 0 Å².